The predicted molar refractivity (Wildman–Crippen MR) is 75.0 cm³/mol. The van der Waals surface area contributed by atoms with Crippen LogP contribution in [0.2, 0.25) is 0 Å². The van der Waals surface area contributed by atoms with Gasteiger partial charge < -0.3 is 5.32 Å². The van der Waals surface area contributed by atoms with Gasteiger partial charge in [0.2, 0.25) is 0 Å². The highest BCUT2D eigenvalue weighted by Crippen LogP contribution is 2.32. The highest BCUT2D eigenvalue weighted by atomic mass is 32.1. The monoisotopic (exact) mass is 266 g/mol. The molecular formula is C13H22N4S. The van der Waals surface area contributed by atoms with Crippen LogP contribution in [0, 0.1) is 6.92 Å². The van der Waals surface area contributed by atoms with Gasteiger partial charge >= 0.3 is 0 Å². The normalized spacial score (nSPS) is 30.9. The fraction of sp³-hybridized carbons (Fsp3) is 0.769. The van der Waals surface area contributed by atoms with Gasteiger partial charge in [-0.1, -0.05) is 6.92 Å². The summed E-state index contributed by atoms with van der Waals surface area (Å²) in [7, 11) is 0. The van der Waals surface area contributed by atoms with E-state index in [0.717, 1.165) is 13.1 Å². The third kappa shape index (κ3) is 2.32. The van der Waals surface area contributed by atoms with E-state index in [0.29, 0.717) is 6.04 Å². The average Bonchev–Trinajstić information content (AvgIpc) is 2.79. The largest absolute Gasteiger partial charge is 0.312 e. The number of hydrogen-bond acceptors (Lipinski definition) is 5. The number of aryl methyl sites for hydroxylation is 1. The summed E-state index contributed by atoms with van der Waals surface area (Å²) >= 11 is 1.90. The summed E-state index contributed by atoms with van der Waals surface area (Å²) < 4.78 is 0. The van der Waals surface area contributed by atoms with Crippen molar-refractivity contribution in [3.63, 3.8) is 0 Å². The van der Waals surface area contributed by atoms with Crippen LogP contribution in [-0.4, -0.2) is 54.1 Å². The summed E-state index contributed by atoms with van der Waals surface area (Å²) in [5.74, 6) is 0. The smallest absolute Gasteiger partial charge is 0.112 e. The van der Waals surface area contributed by atoms with Crippen LogP contribution < -0.4 is 5.32 Å². The number of nitrogens with one attached hydrogen (secondary N) is 1. The number of piperazine rings is 3. The van der Waals surface area contributed by atoms with Crippen LogP contribution in [0.4, 0.5) is 0 Å². The van der Waals surface area contributed by atoms with E-state index in [9.17, 15) is 0 Å². The molecule has 3 aliphatic rings. The Labute approximate surface area is 113 Å². The molecule has 1 aromatic heterocycles. The van der Waals surface area contributed by atoms with Crippen molar-refractivity contribution in [2.45, 2.75) is 26.4 Å². The minimum atomic E-state index is 0.548. The summed E-state index contributed by atoms with van der Waals surface area (Å²) in [6.07, 6.45) is 0. The summed E-state index contributed by atoms with van der Waals surface area (Å²) in [5, 5.41) is 4.73. The Morgan fingerprint density at radius 1 is 1.33 bits per heavy atom. The molecule has 18 heavy (non-hydrogen) atoms. The van der Waals surface area contributed by atoms with E-state index in [4.69, 9.17) is 4.98 Å². The van der Waals surface area contributed by atoms with Gasteiger partial charge in [-0.3, -0.25) is 9.80 Å². The molecule has 5 heteroatoms. The Morgan fingerprint density at radius 3 is 2.72 bits per heavy atom. The van der Waals surface area contributed by atoms with Crippen molar-refractivity contribution in [3.05, 3.63) is 15.6 Å². The predicted octanol–water partition coefficient (Wildman–Crippen LogP) is 1.23. The van der Waals surface area contributed by atoms with Gasteiger partial charge in [0.25, 0.3) is 0 Å². The van der Waals surface area contributed by atoms with E-state index >= 15 is 0 Å². The lowest BCUT2D eigenvalue weighted by Gasteiger charge is -2.46. The third-order valence-corrected chi connectivity index (χ3v) is 5.27. The van der Waals surface area contributed by atoms with Gasteiger partial charge in [-0.2, -0.15) is 0 Å². The summed E-state index contributed by atoms with van der Waals surface area (Å²) in [4.78, 5) is 11.4. The molecule has 4 heterocycles. The molecule has 1 unspecified atom stereocenters. The summed E-state index contributed by atoms with van der Waals surface area (Å²) in [6.45, 7) is 12.4. The molecule has 0 saturated carbocycles. The summed E-state index contributed by atoms with van der Waals surface area (Å²) in [6, 6.07) is 0.548. The topological polar surface area (TPSA) is 31.4 Å². The van der Waals surface area contributed by atoms with E-state index in [1.165, 1.54) is 48.3 Å². The maximum absolute atomic E-state index is 4.82. The number of fused-ring (bicyclic) bond motifs is 3. The molecule has 0 aromatic carbocycles. The van der Waals surface area contributed by atoms with E-state index in [-0.39, 0.29) is 0 Å². The van der Waals surface area contributed by atoms with Crippen molar-refractivity contribution in [3.8, 4) is 0 Å². The minimum Gasteiger partial charge on any atom is -0.312 e. The van der Waals surface area contributed by atoms with Gasteiger partial charge in [-0.15, -0.1) is 11.3 Å². The molecule has 1 N–H and O–H groups in total. The zero-order chi connectivity index (χ0) is 12.5. The van der Waals surface area contributed by atoms with Crippen LogP contribution in [-0.2, 0) is 6.54 Å². The lowest BCUT2D eigenvalue weighted by molar-refractivity contribution is 0.0122. The van der Waals surface area contributed by atoms with E-state index in [2.05, 4.69) is 29.0 Å². The van der Waals surface area contributed by atoms with Gasteiger partial charge in [-0.05, 0) is 13.5 Å². The van der Waals surface area contributed by atoms with E-state index in [1.54, 1.807) is 0 Å². The molecule has 1 aromatic rings. The van der Waals surface area contributed by atoms with Crippen LogP contribution in [0.25, 0.3) is 0 Å². The van der Waals surface area contributed by atoms with E-state index in [1.807, 2.05) is 11.3 Å². The molecular weight excluding hydrogens is 244 g/mol. The second-order valence-corrected chi connectivity index (χ2v) is 6.31. The Kier molecular flexibility index (Phi) is 3.66. The summed E-state index contributed by atoms with van der Waals surface area (Å²) in [5.41, 5.74) is 1.22. The molecule has 0 radical (unpaired) electrons. The Hall–Kier alpha value is -0.490. The highest BCUT2D eigenvalue weighted by molar-refractivity contribution is 7.11. The fourth-order valence-corrected chi connectivity index (χ4v) is 4.01. The molecule has 0 amide bonds. The average molecular weight is 266 g/mol. The van der Waals surface area contributed by atoms with E-state index < -0.39 is 0 Å². The standard InChI is InChI=1S/C13H22N4S/c1-3-14-8-12-10(2)15-13(18-12)11-9-16-4-6-17(11)7-5-16/h11,14H,3-9H2,1-2H3. The lowest BCUT2D eigenvalue weighted by Crippen LogP contribution is -2.56. The van der Waals surface area contributed by atoms with Gasteiger partial charge in [0.05, 0.1) is 11.7 Å². The van der Waals surface area contributed by atoms with Gasteiger partial charge in [-0.25, -0.2) is 4.98 Å². The second-order valence-electron chi connectivity index (χ2n) is 5.19. The first-order chi connectivity index (χ1) is 8.78. The third-order valence-electron chi connectivity index (χ3n) is 4.01. The maximum Gasteiger partial charge on any atom is 0.112 e. The minimum absolute atomic E-state index is 0.548. The number of hydrogen-bond donors (Lipinski definition) is 1. The first kappa shape index (κ1) is 12.5. The Balaban J connectivity index is 1.76. The zero-order valence-electron chi connectivity index (χ0n) is 11.3. The molecule has 4 rings (SSSR count). The fourth-order valence-electron chi connectivity index (χ4n) is 2.85. The number of aromatic nitrogens is 1. The van der Waals surface area contributed by atoms with Crippen molar-refractivity contribution in [1.82, 2.24) is 20.1 Å². The van der Waals surface area contributed by atoms with Crippen molar-refractivity contribution in [2.75, 3.05) is 39.3 Å². The zero-order valence-corrected chi connectivity index (χ0v) is 12.1. The molecule has 3 fully saturated rings. The van der Waals surface area contributed by atoms with Crippen molar-refractivity contribution >= 4 is 11.3 Å². The first-order valence-corrected chi connectivity index (χ1v) is 7.73. The molecule has 2 bridgehead atoms. The van der Waals surface area contributed by atoms with Crippen LogP contribution >= 0.6 is 11.3 Å². The van der Waals surface area contributed by atoms with Gasteiger partial charge in [0.1, 0.15) is 5.01 Å². The highest BCUT2D eigenvalue weighted by Gasteiger charge is 2.34. The van der Waals surface area contributed by atoms with Gasteiger partial charge in [0.15, 0.2) is 0 Å². The van der Waals surface area contributed by atoms with Gasteiger partial charge in [0, 0.05) is 44.1 Å². The molecule has 3 saturated heterocycles. The molecule has 1 atom stereocenters. The number of rotatable bonds is 4. The number of thiazole rings is 1. The van der Waals surface area contributed by atoms with Crippen molar-refractivity contribution < 1.29 is 0 Å². The van der Waals surface area contributed by atoms with Crippen LogP contribution in [0.5, 0.6) is 0 Å². The number of nitrogens with zero attached hydrogens (tertiary/aromatic N) is 3. The van der Waals surface area contributed by atoms with Crippen molar-refractivity contribution in [1.29, 1.82) is 0 Å². The lowest BCUT2D eigenvalue weighted by atomic mass is 10.1. The molecule has 100 valence electrons. The molecule has 0 aliphatic carbocycles. The van der Waals surface area contributed by atoms with Crippen LogP contribution in [0.15, 0.2) is 0 Å². The van der Waals surface area contributed by atoms with Crippen LogP contribution in [0.1, 0.15) is 28.5 Å². The Bertz CT molecular complexity index is 409. The first-order valence-electron chi connectivity index (χ1n) is 6.91. The van der Waals surface area contributed by atoms with Crippen molar-refractivity contribution in [2.24, 2.45) is 0 Å². The molecule has 0 spiro atoms. The van der Waals surface area contributed by atoms with Crippen LogP contribution in [0.3, 0.4) is 0 Å². The quantitative estimate of drug-likeness (QED) is 0.888. The molecule has 3 aliphatic heterocycles. The molecule has 4 nitrogen and oxygen atoms in total. The second kappa shape index (κ2) is 5.25. The Morgan fingerprint density at radius 2 is 2.11 bits per heavy atom. The SMILES string of the molecule is CCNCc1sc(C2CN3CCN2CC3)nc1C. The maximum atomic E-state index is 4.82.